The first-order valence-corrected chi connectivity index (χ1v) is 8.43. The van der Waals surface area contributed by atoms with E-state index in [0.717, 1.165) is 16.1 Å². The van der Waals surface area contributed by atoms with Crippen LogP contribution in [0.4, 0.5) is 5.69 Å². The minimum absolute atomic E-state index is 0.122. The lowest BCUT2D eigenvalue weighted by Gasteiger charge is -2.07. The zero-order chi connectivity index (χ0) is 16.8. The van der Waals surface area contributed by atoms with Gasteiger partial charge in [-0.1, -0.05) is 54.2 Å². The number of hydrogen-bond donors (Lipinski definition) is 3. The van der Waals surface area contributed by atoms with Crippen molar-refractivity contribution in [3.63, 3.8) is 0 Å². The van der Waals surface area contributed by atoms with Crippen LogP contribution in [0.3, 0.4) is 0 Å². The molecule has 0 bridgehead atoms. The predicted octanol–water partition coefficient (Wildman–Crippen LogP) is 2.72. The van der Waals surface area contributed by atoms with Crippen LogP contribution in [0.1, 0.15) is 5.56 Å². The number of nitrogens with two attached hydrogens (primary N) is 1. The molecule has 0 aliphatic carbocycles. The summed E-state index contributed by atoms with van der Waals surface area (Å²) >= 11 is 1.62. The fraction of sp³-hybridized carbons (Fsp3) is 0.111. The van der Waals surface area contributed by atoms with E-state index in [1.165, 1.54) is 6.20 Å². The minimum atomic E-state index is -0.125. The van der Waals surface area contributed by atoms with Crippen molar-refractivity contribution in [2.24, 2.45) is 10.7 Å². The largest absolute Gasteiger partial charge is 0.403 e. The Morgan fingerprint density at radius 2 is 1.96 bits per heavy atom. The summed E-state index contributed by atoms with van der Waals surface area (Å²) in [7, 11) is 0. The number of para-hydroxylation sites is 1. The average molecular weight is 338 g/mol. The lowest BCUT2D eigenvalue weighted by molar-refractivity contribution is -0.119. The van der Waals surface area contributed by atoms with E-state index in [-0.39, 0.29) is 11.4 Å². The fourth-order valence-corrected chi connectivity index (χ4v) is 3.25. The fourth-order valence-electron chi connectivity index (χ4n) is 2.29. The quantitative estimate of drug-likeness (QED) is 0.733. The van der Waals surface area contributed by atoms with Crippen molar-refractivity contribution in [1.82, 2.24) is 5.32 Å². The van der Waals surface area contributed by atoms with Crippen LogP contribution in [0.25, 0.3) is 0 Å². The van der Waals surface area contributed by atoms with E-state index in [1.54, 1.807) is 18.0 Å². The maximum Gasteiger partial charge on any atom is 0.228 e. The van der Waals surface area contributed by atoms with Gasteiger partial charge in [-0.25, -0.2) is 0 Å². The van der Waals surface area contributed by atoms with Crippen molar-refractivity contribution in [1.29, 1.82) is 0 Å². The summed E-state index contributed by atoms with van der Waals surface area (Å²) in [5.74, 6) is -0.125. The molecule has 0 fully saturated rings. The van der Waals surface area contributed by atoms with Crippen LogP contribution < -0.4 is 16.4 Å². The van der Waals surface area contributed by atoms with Gasteiger partial charge in [0.1, 0.15) is 0 Å². The normalized spacial score (nSPS) is 16.7. The molecule has 1 atom stereocenters. The molecule has 4 N–H and O–H groups in total. The van der Waals surface area contributed by atoms with E-state index < -0.39 is 0 Å². The Balaban J connectivity index is 1.55. The first kappa shape index (κ1) is 16.1. The van der Waals surface area contributed by atoms with Crippen LogP contribution in [0, 0.1) is 0 Å². The molecular formula is C18H18N4OS. The molecular weight excluding hydrogens is 320 g/mol. The highest BCUT2D eigenvalue weighted by atomic mass is 32.2. The van der Waals surface area contributed by atoms with Gasteiger partial charge >= 0.3 is 0 Å². The molecule has 0 saturated carbocycles. The van der Waals surface area contributed by atoms with E-state index in [0.29, 0.717) is 12.1 Å². The summed E-state index contributed by atoms with van der Waals surface area (Å²) in [6.07, 6.45) is 3.23. The minimum Gasteiger partial charge on any atom is -0.403 e. The molecule has 2 aromatic carbocycles. The highest BCUT2D eigenvalue weighted by molar-refractivity contribution is 8.00. The number of anilines is 1. The van der Waals surface area contributed by atoms with Gasteiger partial charge in [0.05, 0.1) is 17.8 Å². The average Bonchev–Trinajstić information content (AvgIpc) is 3.02. The van der Waals surface area contributed by atoms with Gasteiger partial charge < -0.3 is 16.4 Å². The van der Waals surface area contributed by atoms with Gasteiger partial charge in [-0.3, -0.25) is 9.79 Å². The van der Waals surface area contributed by atoms with Crippen molar-refractivity contribution in [3.8, 4) is 0 Å². The monoisotopic (exact) mass is 338 g/mol. The molecule has 1 unspecified atom stereocenters. The maximum absolute atomic E-state index is 12.1. The van der Waals surface area contributed by atoms with E-state index in [4.69, 9.17) is 5.73 Å². The number of amides is 1. The standard InChI is InChI=1S/C18H18N4OS/c19-11-14(21-17(23)10-13-6-2-1-3-7-13)12-20-18-22-15-8-4-5-9-16(15)24-18/h1-9,11-12,18,22H,10,19H2,(H,21,23). The number of benzene rings is 2. The van der Waals surface area contributed by atoms with Gasteiger partial charge in [-0.05, 0) is 17.7 Å². The molecule has 2 aromatic rings. The Morgan fingerprint density at radius 3 is 2.71 bits per heavy atom. The Morgan fingerprint density at radius 1 is 1.21 bits per heavy atom. The molecule has 5 nitrogen and oxygen atoms in total. The van der Waals surface area contributed by atoms with E-state index in [2.05, 4.69) is 15.6 Å². The van der Waals surface area contributed by atoms with Crippen LogP contribution in [0.5, 0.6) is 0 Å². The molecule has 1 aliphatic rings. The molecule has 0 spiro atoms. The third-order valence-electron chi connectivity index (χ3n) is 3.42. The number of thioether (sulfide) groups is 1. The van der Waals surface area contributed by atoms with Gasteiger partial charge in [0.15, 0.2) is 5.50 Å². The number of aliphatic imine (C=N–C) groups is 1. The van der Waals surface area contributed by atoms with Crippen molar-refractivity contribution in [2.45, 2.75) is 16.8 Å². The number of nitrogens with zero attached hydrogens (tertiary/aromatic N) is 1. The van der Waals surface area contributed by atoms with Crippen molar-refractivity contribution < 1.29 is 4.79 Å². The third kappa shape index (κ3) is 4.17. The summed E-state index contributed by atoms with van der Waals surface area (Å²) in [5.41, 5.74) is 7.96. The predicted molar refractivity (Wildman–Crippen MR) is 98.8 cm³/mol. The lowest BCUT2D eigenvalue weighted by atomic mass is 10.1. The smallest absolute Gasteiger partial charge is 0.228 e. The first-order chi connectivity index (χ1) is 11.7. The SMILES string of the molecule is NC=C(C=NC1Nc2ccccc2S1)NC(=O)Cc1ccccc1. The topological polar surface area (TPSA) is 79.5 Å². The number of carbonyl (C=O) groups excluding carboxylic acids is 1. The molecule has 1 amide bonds. The summed E-state index contributed by atoms with van der Waals surface area (Å²) in [6.45, 7) is 0. The first-order valence-electron chi connectivity index (χ1n) is 7.55. The summed E-state index contributed by atoms with van der Waals surface area (Å²) in [5, 5.41) is 6.06. The maximum atomic E-state index is 12.1. The van der Waals surface area contributed by atoms with E-state index >= 15 is 0 Å². The third-order valence-corrected chi connectivity index (χ3v) is 4.50. The summed E-state index contributed by atoms with van der Waals surface area (Å²) in [4.78, 5) is 17.7. The number of allylic oxidation sites excluding steroid dienone is 1. The Hall–Kier alpha value is -2.73. The van der Waals surface area contributed by atoms with E-state index in [1.807, 2.05) is 54.6 Å². The molecule has 24 heavy (non-hydrogen) atoms. The highest BCUT2D eigenvalue weighted by Crippen LogP contribution is 2.38. The Kier molecular flexibility index (Phi) is 5.18. The van der Waals surface area contributed by atoms with Gasteiger partial charge in [0.2, 0.25) is 5.91 Å². The molecule has 0 radical (unpaired) electrons. The molecule has 1 heterocycles. The van der Waals surface area contributed by atoms with Crippen molar-refractivity contribution in [3.05, 3.63) is 72.1 Å². The number of nitrogens with one attached hydrogen (secondary N) is 2. The molecule has 3 rings (SSSR count). The Labute approximate surface area is 145 Å². The number of carbonyl (C=O) groups is 1. The molecule has 122 valence electrons. The number of fused-ring (bicyclic) bond motifs is 1. The van der Waals surface area contributed by atoms with Crippen LogP contribution in [0.15, 0.2) is 76.4 Å². The lowest BCUT2D eigenvalue weighted by Crippen LogP contribution is -2.26. The van der Waals surface area contributed by atoms with Crippen molar-refractivity contribution >= 4 is 29.6 Å². The highest BCUT2D eigenvalue weighted by Gasteiger charge is 2.19. The van der Waals surface area contributed by atoms with E-state index in [9.17, 15) is 4.79 Å². The molecule has 0 aromatic heterocycles. The summed E-state index contributed by atoms with van der Waals surface area (Å²) in [6, 6.07) is 17.6. The number of rotatable bonds is 5. The number of hydrogen-bond acceptors (Lipinski definition) is 5. The molecule has 1 aliphatic heterocycles. The second-order valence-electron chi connectivity index (χ2n) is 5.22. The van der Waals surface area contributed by atoms with Gasteiger partial charge in [0, 0.05) is 17.3 Å². The summed E-state index contributed by atoms with van der Waals surface area (Å²) < 4.78 is 0. The second-order valence-corrected chi connectivity index (χ2v) is 6.34. The second kappa shape index (κ2) is 7.70. The zero-order valence-corrected chi connectivity index (χ0v) is 13.8. The van der Waals surface area contributed by atoms with Crippen molar-refractivity contribution in [2.75, 3.05) is 5.32 Å². The van der Waals surface area contributed by atoms with Crippen LogP contribution >= 0.6 is 11.8 Å². The van der Waals surface area contributed by atoms with Gasteiger partial charge in [0.25, 0.3) is 0 Å². The molecule has 6 heteroatoms. The van der Waals surface area contributed by atoms with Crippen LogP contribution in [-0.4, -0.2) is 17.6 Å². The van der Waals surface area contributed by atoms with Gasteiger partial charge in [-0.15, -0.1) is 0 Å². The molecule has 0 saturated heterocycles. The Bertz CT molecular complexity index is 749. The van der Waals surface area contributed by atoms with Crippen LogP contribution in [-0.2, 0) is 11.2 Å². The van der Waals surface area contributed by atoms with Crippen LogP contribution in [0.2, 0.25) is 0 Å². The zero-order valence-electron chi connectivity index (χ0n) is 13.0. The van der Waals surface area contributed by atoms with Gasteiger partial charge in [-0.2, -0.15) is 0 Å².